The molecule has 0 aromatic heterocycles. The van der Waals surface area contributed by atoms with E-state index in [9.17, 15) is 4.79 Å². The fourth-order valence-electron chi connectivity index (χ4n) is 2.96. The Balaban J connectivity index is 1.83. The zero-order valence-electron chi connectivity index (χ0n) is 18.2. The third-order valence-corrected chi connectivity index (χ3v) is 4.46. The summed E-state index contributed by atoms with van der Waals surface area (Å²) in [5, 5.41) is 6.44. The second-order valence-electron chi connectivity index (χ2n) is 8.38. The lowest BCUT2D eigenvalue weighted by Crippen LogP contribution is -2.43. The molecule has 0 heterocycles. The Hall–Kier alpha value is -2.53. The molecule has 0 saturated carbocycles. The molecule has 1 atom stereocenters. The van der Waals surface area contributed by atoms with Crippen molar-refractivity contribution in [2.45, 2.75) is 58.7 Å². The first-order valence-electron chi connectivity index (χ1n) is 10.1. The molecule has 0 aliphatic rings. The molecule has 29 heavy (non-hydrogen) atoms. The molecule has 0 aliphatic heterocycles. The summed E-state index contributed by atoms with van der Waals surface area (Å²) >= 11 is 0. The zero-order chi connectivity index (χ0) is 21.3. The van der Waals surface area contributed by atoms with Gasteiger partial charge in [0.25, 0.3) is 5.91 Å². The van der Waals surface area contributed by atoms with E-state index in [2.05, 4.69) is 41.8 Å². The van der Waals surface area contributed by atoms with Crippen molar-refractivity contribution in [3.63, 3.8) is 0 Å². The minimum Gasteiger partial charge on any atom is -0.493 e. The summed E-state index contributed by atoms with van der Waals surface area (Å²) in [6, 6.07) is 16.7. The Labute approximate surface area is 174 Å². The summed E-state index contributed by atoms with van der Waals surface area (Å²) in [4.78, 5) is 12.0. The highest BCUT2D eigenvalue weighted by Gasteiger charge is 2.15. The molecule has 0 fully saturated rings. The van der Waals surface area contributed by atoms with Crippen molar-refractivity contribution < 1.29 is 14.3 Å². The molecular formula is C24H34N2O3. The maximum Gasteiger partial charge on any atom is 0.258 e. The molecular weight excluding hydrogens is 364 g/mol. The average molecular weight is 399 g/mol. The van der Waals surface area contributed by atoms with Gasteiger partial charge in [0, 0.05) is 18.1 Å². The van der Waals surface area contributed by atoms with Gasteiger partial charge in [0.05, 0.1) is 7.11 Å². The molecule has 1 amide bonds. The molecule has 2 aromatic carbocycles. The van der Waals surface area contributed by atoms with Crippen LogP contribution in [0.1, 0.15) is 45.2 Å². The minimum absolute atomic E-state index is 0.0399. The molecule has 5 nitrogen and oxygen atoms in total. The Kier molecular flexibility index (Phi) is 8.52. The SMILES string of the molecule is COc1cc(CN[C@@H](C)CCc2ccccc2)ccc1OCC(=O)NC(C)(C)C. The van der Waals surface area contributed by atoms with Gasteiger partial charge in [-0.3, -0.25) is 4.79 Å². The second kappa shape index (κ2) is 10.9. The van der Waals surface area contributed by atoms with Crippen LogP contribution in [0.5, 0.6) is 11.5 Å². The lowest BCUT2D eigenvalue weighted by molar-refractivity contribution is -0.124. The third kappa shape index (κ3) is 8.57. The number of rotatable bonds is 10. The first-order chi connectivity index (χ1) is 13.8. The van der Waals surface area contributed by atoms with Gasteiger partial charge in [0.2, 0.25) is 0 Å². The zero-order valence-corrected chi connectivity index (χ0v) is 18.2. The molecule has 2 N–H and O–H groups in total. The van der Waals surface area contributed by atoms with Crippen molar-refractivity contribution >= 4 is 5.91 Å². The maximum absolute atomic E-state index is 12.0. The lowest BCUT2D eigenvalue weighted by Gasteiger charge is -2.21. The van der Waals surface area contributed by atoms with E-state index in [0.29, 0.717) is 17.5 Å². The van der Waals surface area contributed by atoms with Crippen molar-refractivity contribution in [3.8, 4) is 11.5 Å². The van der Waals surface area contributed by atoms with Gasteiger partial charge in [0.15, 0.2) is 18.1 Å². The molecule has 2 aromatic rings. The Morgan fingerprint density at radius 2 is 1.76 bits per heavy atom. The van der Waals surface area contributed by atoms with Crippen molar-refractivity contribution in [2.75, 3.05) is 13.7 Å². The second-order valence-corrected chi connectivity index (χ2v) is 8.38. The molecule has 0 spiro atoms. The predicted molar refractivity (Wildman–Crippen MR) is 117 cm³/mol. The number of benzene rings is 2. The van der Waals surface area contributed by atoms with E-state index < -0.39 is 0 Å². The van der Waals surface area contributed by atoms with Gasteiger partial charge in [-0.2, -0.15) is 0 Å². The molecule has 0 radical (unpaired) electrons. The van der Waals surface area contributed by atoms with Crippen LogP contribution in [0.2, 0.25) is 0 Å². The van der Waals surface area contributed by atoms with Gasteiger partial charge >= 0.3 is 0 Å². The standard InChI is InChI=1S/C24H34N2O3/c1-18(11-12-19-9-7-6-8-10-19)25-16-20-13-14-21(22(15-20)28-5)29-17-23(27)26-24(2,3)4/h6-10,13-15,18,25H,11-12,16-17H2,1-5H3,(H,26,27)/t18-/m0/s1. The van der Waals surface area contributed by atoms with Crippen LogP contribution in [-0.4, -0.2) is 31.2 Å². The summed E-state index contributed by atoms with van der Waals surface area (Å²) in [6.45, 7) is 8.72. The summed E-state index contributed by atoms with van der Waals surface area (Å²) in [5.74, 6) is 1.04. The molecule has 5 heteroatoms. The lowest BCUT2D eigenvalue weighted by atomic mass is 10.1. The van der Waals surface area contributed by atoms with Gasteiger partial charge in [-0.15, -0.1) is 0 Å². The van der Waals surface area contributed by atoms with E-state index in [1.54, 1.807) is 7.11 Å². The first-order valence-corrected chi connectivity index (χ1v) is 10.1. The Morgan fingerprint density at radius 1 is 1.03 bits per heavy atom. The van der Waals surface area contributed by atoms with E-state index >= 15 is 0 Å². The smallest absolute Gasteiger partial charge is 0.258 e. The summed E-state index contributed by atoms with van der Waals surface area (Å²) in [7, 11) is 1.61. The molecule has 0 aliphatic carbocycles. The van der Waals surface area contributed by atoms with Crippen LogP contribution in [-0.2, 0) is 17.8 Å². The quantitative estimate of drug-likeness (QED) is 0.633. The van der Waals surface area contributed by atoms with Gasteiger partial charge in [-0.05, 0) is 63.8 Å². The Morgan fingerprint density at radius 3 is 2.41 bits per heavy atom. The Bertz CT molecular complexity index is 769. The molecule has 0 saturated heterocycles. The average Bonchev–Trinajstić information content (AvgIpc) is 2.68. The number of carbonyl (C=O) groups excluding carboxylic acids is 1. The van der Waals surface area contributed by atoms with Crippen LogP contribution >= 0.6 is 0 Å². The van der Waals surface area contributed by atoms with Crippen molar-refractivity contribution in [3.05, 3.63) is 59.7 Å². The van der Waals surface area contributed by atoms with Crippen LogP contribution < -0.4 is 20.1 Å². The van der Waals surface area contributed by atoms with Gasteiger partial charge in [0.1, 0.15) is 0 Å². The van der Waals surface area contributed by atoms with E-state index in [1.807, 2.05) is 45.0 Å². The van der Waals surface area contributed by atoms with Crippen LogP contribution in [0.25, 0.3) is 0 Å². The number of nitrogens with one attached hydrogen (secondary N) is 2. The van der Waals surface area contributed by atoms with E-state index in [1.165, 1.54) is 5.56 Å². The van der Waals surface area contributed by atoms with E-state index in [0.717, 1.165) is 24.9 Å². The number of amides is 1. The fraction of sp³-hybridized carbons (Fsp3) is 0.458. The van der Waals surface area contributed by atoms with Crippen molar-refractivity contribution in [1.82, 2.24) is 10.6 Å². The highest BCUT2D eigenvalue weighted by molar-refractivity contribution is 5.78. The molecule has 2 rings (SSSR count). The number of carbonyl (C=O) groups is 1. The van der Waals surface area contributed by atoms with Crippen LogP contribution in [0.4, 0.5) is 0 Å². The van der Waals surface area contributed by atoms with Gasteiger partial charge < -0.3 is 20.1 Å². The maximum atomic E-state index is 12.0. The summed E-state index contributed by atoms with van der Waals surface area (Å²) in [6.07, 6.45) is 2.13. The van der Waals surface area contributed by atoms with Crippen LogP contribution in [0.3, 0.4) is 0 Å². The number of hydrogen-bond donors (Lipinski definition) is 2. The fourth-order valence-corrected chi connectivity index (χ4v) is 2.96. The normalized spacial score (nSPS) is 12.3. The minimum atomic E-state index is -0.280. The van der Waals surface area contributed by atoms with Crippen molar-refractivity contribution in [2.24, 2.45) is 0 Å². The van der Waals surface area contributed by atoms with Crippen molar-refractivity contribution in [1.29, 1.82) is 0 Å². The highest BCUT2D eigenvalue weighted by Crippen LogP contribution is 2.28. The molecule has 0 unspecified atom stereocenters. The van der Waals surface area contributed by atoms with E-state index in [4.69, 9.17) is 9.47 Å². The van der Waals surface area contributed by atoms with E-state index in [-0.39, 0.29) is 18.1 Å². The van der Waals surface area contributed by atoms with Gasteiger partial charge in [-0.25, -0.2) is 0 Å². The largest absolute Gasteiger partial charge is 0.493 e. The predicted octanol–water partition coefficient (Wildman–Crippen LogP) is 4.10. The summed E-state index contributed by atoms with van der Waals surface area (Å²) < 4.78 is 11.1. The third-order valence-electron chi connectivity index (χ3n) is 4.46. The monoisotopic (exact) mass is 398 g/mol. The number of hydrogen-bond acceptors (Lipinski definition) is 4. The number of aryl methyl sites for hydroxylation is 1. The first kappa shape index (κ1) is 22.8. The molecule has 0 bridgehead atoms. The van der Waals surface area contributed by atoms with Gasteiger partial charge in [-0.1, -0.05) is 36.4 Å². The summed E-state index contributed by atoms with van der Waals surface area (Å²) in [5.41, 5.74) is 2.19. The van der Waals surface area contributed by atoms with Crippen LogP contribution in [0, 0.1) is 0 Å². The highest BCUT2D eigenvalue weighted by atomic mass is 16.5. The molecule has 158 valence electrons. The van der Waals surface area contributed by atoms with Crippen LogP contribution in [0.15, 0.2) is 48.5 Å². The number of methoxy groups -OCH3 is 1. The topological polar surface area (TPSA) is 59.6 Å². The number of ether oxygens (including phenoxy) is 2.